The van der Waals surface area contributed by atoms with E-state index in [1.54, 1.807) is 13.0 Å². The summed E-state index contributed by atoms with van der Waals surface area (Å²) >= 11 is 0. The Morgan fingerprint density at radius 3 is 2.54 bits per heavy atom. The van der Waals surface area contributed by atoms with E-state index in [-0.39, 0.29) is 17.8 Å². The van der Waals surface area contributed by atoms with Crippen molar-refractivity contribution in [3.63, 3.8) is 0 Å². The summed E-state index contributed by atoms with van der Waals surface area (Å²) in [6.45, 7) is 7.07. The second-order valence-corrected chi connectivity index (χ2v) is 7.72. The Balaban J connectivity index is 1.86. The molecule has 2 heterocycles. The Morgan fingerprint density at radius 2 is 1.93 bits per heavy atom. The van der Waals surface area contributed by atoms with Crippen molar-refractivity contribution in [3.8, 4) is 0 Å². The van der Waals surface area contributed by atoms with Gasteiger partial charge in [0.05, 0.1) is 18.1 Å². The van der Waals surface area contributed by atoms with Gasteiger partial charge in [-0.15, -0.1) is 0 Å². The van der Waals surface area contributed by atoms with Gasteiger partial charge in [0.2, 0.25) is 0 Å². The third-order valence-corrected chi connectivity index (χ3v) is 6.08. The van der Waals surface area contributed by atoms with Crippen LogP contribution in [0.4, 0.5) is 18.9 Å². The van der Waals surface area contributed by atoms with Gasteiger partial charge in [0.15, 0.2) is 0 Å². The zero-order valence-electron chi connectivity index (χ0n) is 16.5. The van der Waals surface area contributed by atoms with Crippen LogP contribution in [0.25, 0.3) is 0 Å². The van der Waals surface area contributed by atoms with Crippen LogP contribution in [0.2, 0.25) is 0 Å². The van der Waals surface area contributed by atoms with Crippen molar-refractivity contribution in [2.24, 2.45) is 11.8 Å². The quantitative estimate of drug-likeness (QED) is 0.755. The number of rotatable bonds is 5. The Kier molecular flexibility index (Phi) is 6.53. The summed E-state index contributed by atoms with van der Waals surface area (Å²) in [5, 5.41) is 3.38. The van der Waals surface area contributed by atoms with E-state index < -0.39 is 11.7 Å². The second-order valence-electron chi connectivity index (χ2n) is 7.72. The number of hydrogen-bond donors (Lipinski definition) is 1. The molecule has 0 aliphatic carbocycles. The minimum Gasteiger partial charge on any atom is -0.466 e. The predicted molar refractivity (Wildman–Crippen MR) is 102 cm³/mol. The SMILES string of the molecule is CCOC(=O)C1CCN(c2cc(C(F)(F)F)ccc2[C@H]2CNC[C@@H]2CC)CC1. The maximum Gasteiger partial charge on any atom is 0.416 e. The first-order valence-corrected chi connectivity index (χ1v) is 10.2. The summed E-state index contributed by atoms with van der Waals surface area (Å²) < 4.78 is 45.1. The molecular formula is C21H29F3N2O2. The lowest BCUT2D eigenvalue weighted by Crippen LogP contribution is -2.38. The third-order valence-electron chi connectivity index (χ3n) is 6.08. The number of esters is 1. The highest BCUT2D eigenvalue weighted by atomic mass is 19.4. The van der Waals surface area contributed by atoms with Crippen LogP contribution < -0.4 is 10.2 Å². The van der Waals surface area contributed by atoms with E-state index in [0.717, 1.165) is 25.1 Å². The number of alkyl halides is 3. The number of benzene rings is 1. The standard InChI is InChI=1S/C21H29F3N2O2/c1-3-14-12-25-13-18(14)17-6-5-16(21(22,23)24)11-19(17)26-9-7-15(8-10-26)20(27)28-4-2/h5-6,11,14-15,18,25H,3-4,7-10,12-13H2,1-2H3/t14-,18-/m0/s1. The van der Waals surface area contributed by atoms with E-state index in [2.05, 4.69) is 12.2 Å². The number of halogens is 3. The first kappa shape index (κ1) is 21.0. The molecule has 2 saturated heterocycles. The summed E-state index contributed by atoms with van der Waals surface area (Å²) in [6, 6.07) is 4.16. The predicted octanol–water partition coefficient (Wildman–Crippen LogP) is 4.20. The molecule has 1 aromatic rings. The maximum absolute atomic E-state index is 13.3. The number of anilines is 1. The van der Waals surface area contributed by atoms with Crippen molar-refractivity contribution < 1.29 is 22.7 Å². The van der Waals surface area contributed by atoms with Crippen LogP contribution >= 0.6 is 0 Å². The summed E-state index contributed by atoms with van der Waals surface area (Å²) in [6.07, 6.45) is -2.17. The molecule has 0 radical (unpaired) electrons. The second kappa shape index (κ2) is 8.72. The molecule has 0 spiro atoms. The third kappa shape index (κ3) is 4.45. The average Bonchev–Trinajstić information content (AvgIpc) is 3.16. The Hall–Kier alpha value is -1.76. The zero-order chi connectivity index (χ0) is 20.3. The number of carbonyl (C=O) groups excluding carboxylic acids is 1. The topological polar surface area (TPSA) is 41.6 Å². The minimum absolute atomic E-state index is 0.165. The molecule has 0 bridgehead atoms. The van der Waals surface area contributed by atoms with Gasteiger partial charge in [-0.1, -0.05) is 19.4 Å². The van der Waals surface area contributed by atoms with E-state index >= 15 is 0 Å². The van der Waals surface area contributed by atoms with Gasteiger partial charge in [0, 0.05) is 31.2 Å². The van der Waals surface area contributed by atoms with Crippen LogP contribution in [0.3, 0.4) is 0 Å². The molecule has 0 saturated carbocycles. The molecule has 2 fully saturated rings. The largest absolute Gasteiger partial charge is 0.466 e. The number of nitrogens with one attached hydrogen (secondary N) is 1. The first-order chi connectivity index (χ1) is 13.3. The number of hydrogen-bond acceptors (Lipinski definition) is 4. The maximum atomic E-state index is 13.3. The van der Waals surface area contributed by atoms with Crippen molar-refractivity contribution in [2.75, 3.05) is 37.7 Å². The molecule has 2 atom stereocenters. The zero-order valence-corrected chi connectivity index (χ0v) is 16.5. The highest BCUT2D eigenvalue weighted by molar-refractivity contribution is 5.73. The molecule has 4 nitrogen and oxygen atoms in total. The van der Waals surface area contributed by atoms with E-state index in [1.807, 2.05) is 4.90 Å². The van der Waals surface area contributed by atoms with Gasteiger partial charge in [-0.05, 0) is 49.9 Å². The van der Waals surface area contributed by atoms with Gasteiger partial charge < -0.3 is 15.0 Å². The lowest BCUT2D eigenvalue weighted by Gasteiger charge is -2.35. The molecule has 0 amide bonds. The van der Waals surface area contributed by atoms with Gasteiger partial charge >= 0.3 is 12.1 Å². The van der Waals surface area contributed by atoms with E-state index in [4.69, 9.17) is 4.74 Å². The summed E-state index contributed by atoms with van der Waals surface area (Å²) in [5.74, 6) is 0.275. The molecule has 156 valence electrons. The van der Waals surface area contributed by atoms with Gasteiger partial charge in [-0.2, -0.15) is 13.2 Å². The molecule has 1 N–H and O–H groups in total. The number of carbonyl (C=O) groups is 1. The summed E-state index contributed by atoms with van der Waals surface area (Å²) in [4.78, 5) is 14.0. The molecule has 7 heteroatoms. The van der Waals surface area contributed by atoms with Crippen LogP contribution in [-0.4, -0.2) is 38.8 Å². The van der Waals surface area contributed by atoms with Gasteiger partial charge in [0.25, 0.3) is 0 Å². The summed E-state index contributed by atoms with van der Waals surface area (Å²) in [5.41, 5.74) is 1.04. The van der Waals surface area contributed by atoms with Gasteiger partial charge in [-0.25, -0.2) is 0 Å². The molecule has 0 aromatic heterocycles. The number of ether oxygens (including phenoxy) is 1. The first-order valence-electron chi connectivity index (χ1n) is 10.2. The number of piperidine rings is 1. The number of nitrogens with zero attached hydrogens (tertiary/aromatic N) is 1. The van der Waals surface area contributed by atoms with Gasteiger partial charge in [-0.3, -0.25) is 4.79 Å². The fourth-order valence-corrected chi connectivity index (χ4v) is 4.45. The average molecular weight is 398 g/mol. The smallest absolute Gasteiger partial charge is 0.416 e. The molecule has 3 rings (SSSR count). The fourth-order valence-electron chi connectivity index (χ4n) is 4.45. The van der Waals surface area contributed by atoms with Crippen molar-refractivity contribution in [1.29, 1.82) is 0 Å². The van der Waals surface area contributed by atoms with Crippen LogP contribution in [0.1, 0.15) is 50.2 Å². The van der Waals surface area contributed by atoms with Crippen molar-refractivity contribution in [3.05, 3.63) is 29.3 Å². The monoisotopic (exact) mass is 398 g/mol. The normalized spacial score (nSPS) is 23.8. The van der Waals surface area contributed by atoms with E-state index in [0.29, 0.717) is 44.1 Å². The molecule has 1 aromatic carbocycles. The fraction of sp³-hybridized carbons (Fsp3) is 0.667. The highest BCUT2D eigenvalue weighted by Crippen LogP contribution is 2.41. The van der Waals surface area contributed by atoms with Crippen LogP contribution in [0.15, 0.2) is 18.2 Å². The van der Waals surface area contributed by atoms with Gasteiger partial charge in [0.1, 0.15) is 0 Å². The Bertz CT molecular complexity index is 685. The highest BCUT2D eigenvalue weighted by Gasteiger charge is 2.36. The van der Waals surface area contributed by atoms with E-state index in [1.165, 1.54) is 12.1 Å². The minimum atomic E-state index is -4.37. The Labute approximate surface area is 164 Å². The molecule has 2 aliphatic rings. The van der Waals surface area contributed by atoms with Crippen LogP contribution in [0, 0.1) is 11.8 Å². The molecule has 28 heavy (non-hydrogen) atoms. The van der Waals surface area contributed by atoms with Crippen LogP contribution in [-0.2, 0) is 15.7 Å². The molecule has 0 unspecified atom stereocenters. The molecular weight excluding hydrogens is 369 g/mol. The van der Waals surface area contributed by atoms with Crippen molar-refractivity contribution >= 4 is 11.7 Å². The lowest BCUT2D eigenvalue weighted by molar-refractivity contribution is -0.148. The Morgan fingerprint density at radius 1 is 1.21 bits per heavy atom. The van der Waals surface area contributed by atoms with E-state index in [9.17, 15) is 18.0 Å². The summed E-state index contributed by atoms with van der Waals surface area (Å²) in [7, 11) is 0. The molecule has 2 aliphatic heterocycles. The lowest BCUT2D eigenvalue weighted by atomic mass is 9.85. The van der Waals surface area contributed by atoms with Crippen molar-refractivity contribution in [1.82, 2.24) is 5.32 Å². The van der Waals surface area contributed by atoms with Crippen LogP contribution in [0.5, 0.6) is 0 Å². The van der Waals surface area contributed by atoms with Crippen molar-refractivity contribution in [2.45, 2.75) is 45.2 Å².